The average molecular weight is 1050 g/mol. The predicted molar refractivity (Wildman–Crippen MR) is 295 cm³/mol. The van der Waals surface area contributed by atoms with Crippen molar-refractivity contribution in [3.8, 4) is 0 Å². The third kappa shape index (κ3) is 18.5. The van der Waals surface area contributed by atoms with Crippen LogP contribution < -0.4 is 49.1 Å². The molecule has 15 nitrogen and oxygen atoms in total. The fourth-order valence-electron chi connectivity index (χ4n) is 8.28. The summed E-state index contributed by atoms with van der Waals surface area (Å²) in [4.78, 5) is 82.8. The van der Waals surface area contributed by atoms with Crippen LogP contribution in [-0.4, -0.2) is 73.2 Å². The van der Waals surface area contributed by atoms with Crippen LogP contribution in [0.3, 0.4) is 0 Å². The summed E-state index contributed by atoms with van der Waals surface area (Å²) in [5.41, 5.74) is 21.6. The number of amides is 6. The molecule has 0 aliphatic heterocycles. The van der Waals surface area contributed by atoms with Crippen molar-refractivity contribution in [1.29, 1.82) is 0 Å². The van der Waals surface area contributed by atoms with Crippen molar-refractivity contribution >= 4 is 86.5 Å². The van der Waals surface area contributed by atoms with E-state index in [1.54, 1.807) is 0 Å². The van der Waals surface area contributed by atoms with E-state index in [1.807, 2.05) is 125 Å². The van der Waals surface area contributed by atoms with Gasteiger partial charge in [0.05, 0.1) is 19.3 Å². The fourth-order valence-corrected chi connectivity index (χ4v) is 10.4. The topological polar surface area (TPSA) is 253 Å². The Morgan fingerprint density at radius 1 is 0.384 bits per heavy atom. The Morgan fingerprint density at radius 2 is 0.658 bits per heavy atom. The summed E-state index contributed by atoms with van der Waals surface area (Å²) in [7, 11) is 0. The number of hydrogen-bond acceptors (Lipinski definition) is 12. The molecular weight excluding hydrogens is 979 g/mol. The maximum Gasteiger partial charge on any atom is 0.246 e. The van der Waals surface area contributed by atoms with Gasteiger partial charge in [-0.25, -0.2) is 0 Å². The standard InChI is InChI=1S/C55H67N9O6S3/c56-28-4-1-13-46(62-49(65)34-43-10-7-31-71-43)53(68)59-40-22-16-37(17-23-40)52(38-18-24-41(25-19-38)60-54(69)47(14-2-5-29-57)63-50(66)35-44-11-8-32-72-44)39-20-26-42(27-21-39)61-55(70)48(15-3-6-30-58)64-51(67)36-45-12-9-33-73-45/h7-12,16-27,31-33,46-48,52H,1-6,13-15,28-30,34-36,56-58H2,(H,59,68)(H,60,69)(H,61,70)(H,62,65)(H,63,66)(H,64,67)/t46-,47-,48-/m0/s1. The summed E-state index contributed by atoms with van der Waals surface area (Å²) in [5.74, 6) is -2.04. The van der Waals surface area contributed by atoms with Crippen molar-refractivity contribution in [2.45, 2.75) is 101 Å². The van der Waals surface area contributed by atoms with Crippen molar-refractivity contribution < 1.29 is 28.8 Å². The van der Waals surface area contributed by atoms with Gasteiger partial charge in [-0.05, 0) is 165 Å². The number of hydrogen-bond donors (Lipinski definition) is 9. The summed E-state index contributed by atoms with van der Waals surface area (Å²) < 4.78 is 0. The molecule has 0 saturated carbocycles. The highest BCUT2D eigenvalue weighted by atomic mass is 32.1. The molecule has 0 fully saturated rings. The van der Waals surface area contributed by atoms with Gasteiger partial charge in [-0.3, -0.25) is 28.8 Å². The minimum absolute atomic E-state index is 0.184. The van der Waals surface area contributed by atoms with Gasteiger partial charge in [0.1, 0.15) is 18.1 Å². The number of rotatable bonds is 30. The van der Waals surface area contributed by atoms with Crippen molar-refractivity contribution in [1.82, 2.24) is 16.0 Å². The molecule has 12 N–H and O–H groups in total. The molecule has 6 amide bonds. The van der Waals surface area contributed by atoms with Crippen molar-refractivity contribution in [2.24, 2.45) is 17.2 Å². The second-order valence-electron chi connectivity index (χ2n) is 17.7. The molecule has 6 aromatic rings. The van der Waals surface area contributed by atoms with E-state index in [0.717, 1.165) is 50.6 Å². The number of thiophene rings is 3. The van der Waals surface area contributed by atoms with Crippen molar-refractivity contribution in [3.05, 3.63) is 157 Å². The number of unbranched alkanes of at least 4 members (excludes halogenated alkanes) is 3. The maximum atomic E-state index is 13.7. The van der Waals surface area contributed by atoms with Crippen LogP contribution in [0.15, 0.2) is 125 Å². The lowest BCUT2D eigenvalue weighted by atomic mass is 9.85. The van der Waals surface area contributed by atoms with E-state index >= 15 is 0 Å². The molecule has 73 heavy (non-hydrogen) atoms. The highest BCUT2D eigenvalue weighted by Crippen LogP contribution is 2.34. The Labute approximate surface area is 439 Å². The predicted octanol–water partition coefficient (Wildman–Crippen LogP) is 7.44. The molecule has 18 heteroatoms. The zero-order valence-electron chi connectivity index (χ0n) is 40.9. The minimum atomic E-state index is -0.753. The van der Waals surface area contributed by atoms with Gasteiger partial charge in [-0.1, -0.05) is 54.6 Å². The van der Waals surface area contributed by atoms with E-state index in [9.17, 15) is 28.8 Å². The normalized spacial score (nSPS) is 12.3. The Morgan fingerprint density at radius 3 is 0.890 bits per heavy atom. The van der Waals surface area contributed by atoms with Gasteiger partial charge in [-0.2, -0.15) is 0 Å². The van der Waals surface area contributed by atoms with Crippen LogP contribution >= 0.6 is 34.0 Å². The van der Waals surface area contributed by atoms with E-state index < -0.39 is 18.1 Å². The monoisotopic (exact) mass is 1050 g/mol. The second-order valence-corrected chi connectivity index (χ2v) is 20.8. The zero-order valence-corrected chi connectivity index (χ0v) is 43.4. The first kappa shape index (κ1) is 55.8. The zero-order chi connectivity index (χ0) is 51.8. The van der Waals surface area contributed by atoms with Gasteiger partial charge in [0.15, 0.2) is 0 Å². The molecule has 0 bridgehead atoms. The highest BCUT2D eigenvalue weighted by molar-refractivity contribution is 7.10. The van der Waals surface area contributed by atoms with E-state index in [0.29, 0.717) is 75.2 Å². The number of carbonyl (C=O) groups excluding carboxylic acids is 6. The largest absolute Gasteiger partial charge is 0.344 e. The lowest BCUT2D eigenvalue weighted by Crippen LogP contribution is -2.44. The van der Waals surface area contributed by atoms with Gasteiger partial charge in [0.2, 0.25) is 35.4 Å². The minimum Gasteiger partial charge on any atom is -0.344 e. The molecule has 0 radical (unpaired) electrons. The first-order valence-corrected chi connectivity index (χ1v) is 27.4. The lowest BCUT2D eigenvalue weighted by molar-refractivity contribution is -0.126. The Balaban J connectivity index is 1.21. The van der Waals surface area contributed by atoms with Gasteiger partial charge in [0.25, 0.3) is 0 Å². The number of benzene rings is 3. The first-order chi connectivity index (χ1) is 35.5. The summed E-state index contributed by atoms with van der Waals surface area (Å²) >= 11 is 4.46. The van der Waals surface area contributed by atoms with Crippen LogP contribution in [0.5, 0.6) is 0 Å². The molecule has 3 heterocycles. The fraction of sp³-hybridized carbons (Fsp3) is 0.345. The lowest BCUT2D eigenvalue weighted by Gasteiger charge is -2.22. The summed E-state index contributed by atoms with van der Waals surface area (Å²) in [5, 5.41) is 23.5. The Hall–Kier alpha value is -6.54. The van der Waals surface area contributed by atoms with E-state index in [4.69, 9.17) is 17.2 Å². The molecule has 3 atom stereocenters. The van der Waals surface area contributed by atoms with Crippen LogP contribution in [-0.2, 0) is 48.0 Å². The number of anilines is 3. The van der Waals surface area contributed by atoms with Crippen LogP contribution in [0.25, 0.3) is 0 Å². The van der Waals surface area contributed by atoms with E-state index in [2.05, 4.69) is 31.9 Å². The molecular formula is C55H67N9O6S3. The smallest absolute Gasteiger partial charge is 0.246 e. The molecule has 0 aliphatic carbocycles. The number of nitrogens with two attached hydrogens (primary N) is 3. The van der Waals surface area contributed by atoms with Crippen LogP contribution in [0, 0.1) is 0 Å². The maximum absolute atomic E-state index is 13.7. The van der Waals surface area contributed by atoms with Crippen LogP contribution in [0.2, 0.25) is 0 Å². The van der Waals surface area contributed by atoms with Gasteiger partial charge >= 0.3 is 0 Å². The van der Waals surface area contributed by atoms with Gasteiger partial charge < -0.3 is 49.1 Å². The average Bonchev–Trinajstić information content (AvgIpc) is 4.21. The Kier molecular flexibility index (Phi) is 22.8. The van der Waals surface area contributed by atoms with Crippen LogP contribution in [0.4, 0.5) is 17.1 Å². The summed E-state index contributed by atoms with van der Waals surface area (Å²) in [6.45, 7) is 1.44. The van der Waals surface area contributed by atoms with Crippen LogP contribution in [0.1, 0.15) is 95.0 Å². The second kappa shape index (κ2) is 29.8. The molecule has 3 aromatic carbocycles. The van der Waals surface area contributed by atoms with Crippen molar-refractivity contribution in [3.63, 3.8) is 0 Å². The number of carbonyl (C=O) groups is 6. The molecule has 0 spiro atoms. The molecule has 0 saturated heterocycles. The Bertz CT molecular complexity index is 2340. The van der Waals surface area contributed by atoms with Gasteiger partial charge in [0, 0.05) is 37.6 Å². The third-order valence-electron chi connectivity index (χ3n) is 12.1. The SMILES string of the molecule is NCCCC[C@H](NC(=O)Cc1cccs1)C(=O)Nc1ccc(C(c2ccc(NC(=O)[C@H](CCCCN)NC(=O)Cc3cccs3)cc2)c2ccc(NC(=O)[C@H](CCCCN)NC(=O)Cc3cccs3)cc2)cc1. The molecule has 0 aliphatic rings. The van der Waals surface area contributed by atoms with Gasteiger partial charge in [-0.15, -0.1) is 34.0 Å². The molecule has 3 aromatic heterocycles. The van der Waals surface area contributed by atoms with E-state index in [1.165, 1.54) is 34.0 Å². The van der Waals surface area contributed by atoms with Crippen molar-refractivity contribution in [2.75, 3.05) is 35.6 Å². The first-order valence-electron chi connectivity index (χ1n) is 24.8. The van der Waals surface area contributed by atoms with E-state index in [-0.39, 0.29) is 60.6 Å². The molecule has 0 unspecified atom stereocenters. The molecule has 6 rings (SSSR count). The molecule has 386 valence electrons. The summed E-state index contributed by atoms with van der Waals surface area (Å²) in [6, 6.07) is 31.6. The third-order valence-corrected chi connectivity index (χ3v) is 14.7. The summed E-state index contributed by atoms with van der Waals surface area (Å²) in [6.07, 6.45) is 6.02. The highest BCUT2D eigenvalue weighted by Gasteiger charge is 2.25. The number of nitrogens with one attached hydrogen (secondary N) is 6. The quantitative estimate of drug-likeness (QED) is 0.0160.